The first-order valence-electron chi connectivity index (χ1n) is 5.60. The third kappa shape index (κ3) is 1.55. The van der Waals surface area contributed by atoms with Gasteiger partial charge in [-0.05, 0) is 25.3 Å². The van der Waals surface area contributed by atoms with Crippen LogP contribution in [0.1, 0.15) is 24.0 Å². The van der Waals surface area contributed by atoms with Gasteiger partial charge in [0, 0.05) is 17.5 Å². The van der Waals surface area contributed by atoms with Gasteiger partial charge in [0.2, 0.25) is 0 Å². The average molecular weight is 221 g/mol. The first-order chi connectivity index (χ1) is 7.68. The van der Waals surface area contributed by atoms with Crippen LogP contribution in [0.25, 0.3) is 0 Å². The van der Waals surface area contributed by atoms with Crippen LogP contribution < -0.4 is 15.2 Å². The van der Waals surface area contributed by atoms with Crippen molar-refractivity contribution in [2.45, 2.75) is 25.2 Å². The minimum atomic E-state index is 0.131. The zero-order chi connectivity index (χ0) is 11.8. The molecule has 1 fully saturated rings. The Balaban J connectivity index is 2.54. The van der Waals surface area contributed by atoms with Crippen LogP contribution >= 0.6 is 0 Å². The molecule has 0 radical (unpaired) electrons. The molecule has 0 aromatic heterocycles. The number of aryl methyl sites for hydroxylation is 1. The molecule has 0 unspecified atom stereocenters. The smallest absolute Gasteiger partial charge is 0.164 e. The van der Waals surface area contributed by atoms with E-state index in [1.54, 1.807) is 14.2 Å². The van der Waals surface area contributed by atoms with Crippen molar-refractivity contribution < 1.29 is 9.47 Å². The van der Waals surface area contributed by atoms with Gasteiger partial charge < -0.3 is 15.2 Å². The number of hydrogen-bond acceptors (Lipinski definition) is 3. The van der Waals surface area contributed by atoms with E-state index in [1.807, 2.05) is 6.92 Å². The summed E-state index contributed by atoms with van der Waals surface area (Å²) in [5.41, 5.74) is 8.28. The van der Waals surface area contributed by atoms with Crippen LogP contribution in [0.2, 0.25) is 0 Å². The molecule has 0 bridgehead atoms. The lowest BCUT2D eigenvalue weighted by atomic mass is 9.93. The predicted molar refractivity (Wildman–Crippen MR) is 64.2 cm³/mol. The molecule has 0 heterocycles. The maximum atomic E-state index is 5.86. The van der Waals surface area contributed by atoms with E-state index >= 15 is 0 Å². The van der Waals surface area contributed by atoms with Crippen LogP contribution in [-0.4, -0.2) is 20.8 Å². The number of hydrogen-bond donors (Lipinski definition) is 1. The first kappa shape index (κ1) is 11.3. The van der Waals surface area contributed by atoms with Crippen LogP contribution in [-0.2, 0) is 5.41 Å². The summed E-state index contributed by atoms with van der Waals surface area (Å²) in [6.07, 6.45) is 2.29. The number of rotatable bonds is 4. The molecule has 0 saturated heterocycles. The second-order valence-electron chi connectivity index (χ2n) is 4.48. The largest absolute Gasteiger partial charge is 0.493 e. The number of nitrogens with two attached hydrogens (primary N) is 1. The first-order valence-corrected chi connectivity index (χ1v) is 5.60. The fourth-order valence-electron chi connectivity index (χ4n) is 2.27. The van der Waals surface area contributed by atoms with Gasteiger partial charge >= 0.3 is 0 Å². The molecule has 1 aliphatic rings. The Morgan fingerprint density at radius 1 is 1.19 bits per heavy atom. The van der Waals surface area contributed by atoms with E-state index in [-0.39, 0.29) is 5.41 Å². The molecular weight excluding hydrogens is 202 g/mol. The van der Waals surface area contributed by atoms with Crippen molar-refractivity contribution in [1.82, 2.24) is 0 Å². The Bertz CT molecular complexity index is 397. The zero-order valence-electron chi connectivity index (χ0n) is 10.2. The summed E-state index contributed by atoms with van der Waals surface area (Å²) >= 11 is 0. The lowest BCUT2D eigenvalue weighted by molar-refractivity contribution is 0.346. The molecule has 88 valence electrons. The molecular formula is C13H19NO2. The van der Waals surface area contributed by atoms with E-state index in [1.165, 1.54) is 5.56 Å². The van der Waals surface area contributed by atoms with Gasteiger partial charge in [0.15, 0.2) is 11.5 Å². The van der Waals surface area contributed by atoms with E-state index in [9.17, 15) is 0 Å². The van der Waals surface area contributed by atoms with Gasteiger partial charge in [0.05, 0.1) is 14.2 Å². The average Bonchev–Trinajstić information content (AvgIpc) is 3.09. The van der Waals surface area contributed by atoms with Crippen molar-refractivity contribution in [1.29, 1.82) is 0 Å². The van der Waals surface area contributed by atoms with Crippen molar-refractivity contribution in [3.63, 3.8) is 0 Å². The van der Waals surface area contributed by atoms with Gasteiger partial charge in [-0.25, -0.2) is 0 Å². The summed E-state index contributed by atoms with van der Waals surface area (Å²) in [4.78, 5) is 0. The van der Waals surface area contributed by atoms with Crippen molar-refractivity contribution in [3.8, 4) is 11.5 Å². The minimum absolute atomic E-state index is 0.131. The summed E-state index contributed by atoms with van der Waals surface area (Å²) in [6, 6.07) is 4.20. The molecule has 2 rings (SSSR count). The summed E-state index contributed by atoms with van der Waals surface area (Å²) in [5, 5.41) is 0. The van der Waals surface area contributed by atoms with Crippen LogP contribution in [0.15, 0.2) is 12.1 Å². The molecule has 0 spiro atoms. The zero-order valence-corrected chi connectivity index (χ0v) is 10.2. The van der Waals surface area contributed by atoms with E-state index in [2.05, 4.69) is 12.1 Å². The monoisotopic (exact) mass is 221 g/mol. The normalized spacial score (nSPS) is 17.0. The van der Waals surface area contributed by atoms with Crippen molar-refractivity contribution in [3.05, 3.63) is 23.3 Å². The summed E-state index contributed by atoms with van der Waals surface area (Å²) in [7, 11) is 3.37. The van der Waals surface area contributed by atoms with Crippen molar-refractivity contribution >= 4 is 0 Å². The third-order valence-electron chi connectivity index (χ3n) is 3.53. The quantitative estimate of drug-likeness (QED) is 0.845. The van der Waals surface area contributed by atoms with Crippen LogP contribution in [0.5, 0.6) is 11.5 Å². The molecule has 0 amide bonds. The van der Waals surface area contributed by atoms with Crippen LogP contribution in [0, 0.1) is 6.92 Å². The molecule has 1 aromatic carbocycles. The fraction of sp³-hybridized carbons (Fsp3) is 0.538. The molecule has 3 nitrogen and oxygen atoms in total. The van der Waals surface area contributed by atoms with E-state index in [4.69, 9.17) is 15.2 Å². The fourth-order valence-corrected chi connectivity index (χ4v) is 2.27. The predicted octanol–water partition coefficient (Wildman–Crippen LogP) is 2.00. The van der Waals surface area contributed by atoms with Gasteiger partial charge in [-0.1, -0.05) is 12.1 Å². The topological polar surface area (TPSA) is 44.5 Å². The molecule has 1 saturated carbocycles. The molecule has 3 heteroatoms. The lowest BCUT2D eigenvalue weighted by Crippen LogP contribution is -2.20. The molecule has 0 aliphatic heterocycles. The van der Waals surface area contributed by atoms with Crippen LogP contribution in [0.3, 0.4) is 0 Å². The van der Waals surface area contributed by atoms with Crippen LogP contribution in [0.4, 0.5) is 0 Å². The van der Waals surface area contributed by atoms with Gasteiger partial charge in [0.25, 0.3) is 0 Å². The SMILES string of the molecule is COc1c(C)ccc(C2(CN)CC2)c1OC. The van der Waals surface area contributed by atoms with Crippen molar-refractivity contribution in [2.75, 3.05) is 20.8 Å². The second-order valence-corrected chi connectivity index (χ2v) is 4.48. The minimum Gasteiger partial charge on any atom is -0.493 e. The molecule has 1 aromatic rings. The molecule has 16 heavy (non-hydrogen) atoms. The highest BCUT2D eigenvalue weighted by atomic mass is 16.5. The van der Waals surface area contributed by atoms with Gasteiger partial charge in [-0.3, -0.25) is 0 Å². The van der Waals surface area contributed by atoms with E-state index in [0.717, 1.165) is 29.9 Å². The summed E-state index contributed by atoms with van der Waals surface area (Å²) < 4.78 is 10.9. The Hall–Kier alpha value is -1.22. The summed E-state index contributed by atoms with van der Waals surface area (Å²) in [5.74, 6) is 1.69. The Morgan fingerprint density at radius 3 is 2.25 bits per heavy atom. The highest BCUT2D eigenvalue weighted by Gasteiger charge is 2.45. The Labute approximate surface area is 96.5 Å². The maximum Gasteiger partial charge on any atom is 0.164 e. The van der Waals surface area contributed by atoms with Gasteiger partial charge in [-0.15, -0.1) is 0 Å². The number of benzene rings is 1. The van der Waals surface area contributed by atoms with Crippen molar-refractivity contribution in [2.24, 2.45) is 5.73 Å². The highest BCUT2D eigenvalue weighted by molar-refractivity contribution is 5.56. The van der Waals surface area contributed by atoms with Gasteiger partial charge in [-0.2, -0.15) is 0 Å². The summed E-state index contributed by atoms with van der Waals surface area (Å²) in [6.45, 7) is 2.70. The Kier molecular flexibility index (Phi) is 2.80. The number of ether oxygens (including phenoxy) is 2. The molecule has 0 atom stereocenters. The lowest BCUT2D eigenvalue weighted by Gasteiger charge is -2.20. The van der Waals surface area contributed by atoms with E-state index in [0.29, 0.717) is 6.54 Å². The van der Waals surface area contributed by atoms with E-state index < -0.39 is 0 Å². The van der Waals surface area contributed by atoms with Gasteiger partial charge in [0.1, 0.15) is 0 Å². The Morgan fingerprint density at radius 2 is 1.81 bits per heavy atom. The third-order valence-corrected chi connectivity index (χ3v) is 3.53. The highest BCUT2D eigenvalue weighted by Crippen LogP contribution is 2.53. The molecule has 1 aliphatic carbocycles. The number of methoxy groups -OCH3 is 2. The second kappa shape index (κ2) is 3.98. The maximum absolute atomic E-state index is 5.86. The standard InChI is InChI=1S/C13H19NO2/c1-9-4-5-10(13(8-14)6-7-13)12(16-3)11(9)15-2/h4-5H,6-8,14H2,1-3H3. The molecule has 2 N–H and O–H groups in total.